The zero-order valence-corrected chi connectivity index (χ0v) is 13.6. The van der Waals surface area contributed by atoms with E-state index in [2.05, 4.69) is 4.99 Å². The van der Waals surface area contributed by atoms with Crippen LogP contribution >= 0.6 is 0 Å². The first-order valence-electron chi connectivity index (χ1n) is 7.18. The lowest BCUT2D eigenvalue weighted by atomic mass is 10.2. The summed E-state index contributed by atoms with van der Waals surface area (Å²) < 4.78 is 15.3. The van der Waals surface area contributed by atoms with Crippen LogP contribution in [0.2, 0.25) is 0 Å². The van der Waals surface area contributed by atoms with E-state index >= 15 is 0 Å². The zero-order valence-electron chi connectivity index (χ0n) is 13.6. The Balaban J connectivity index is 2.14. The Morgan fingerprint density at radius 1 is 0.917 bits per heavy atom. The molecule has 0 aromatic heterocycles. The number of para-hydroxylation sites is 1. The molecule has 0 aliphatic heterocycles. The third-order valence-corrected chi connectivity index (χ3v) is 2.99. The summed E-state index contributed by atoms with van der Waals surface area (Å²) in [6.45, 7) is 3.00. The highest BCUT2D eigenvalue weighted by Gasteiger charge is 2.15. The van der Waals surface area contributed by atoms with E-state index in [-0.39, 0.29) is 11.3 Å². The van der Waals surface area contributed by atoms with Crippen molar-refractivity contribution in [2.45, 2.75) is 13.8 Å². The van der Waals surface area contributed by atoms with Crippen molar-refractivity contribution in [1.29, 1.82) is 0 Å². The fourth-order valence-corrected chi connectivity index (χ4v) is 1.86. The van der Waals surface area contributed by atoms with Crippen LogP contribution in [0, 0.1) is 0 Å². The molecule has 24 heavy (non-hydrogen) atoms. The van der Waals surface area contributed by atoms with Crippen molar-refractivity contribution in [2.24, 2.45) is 4.99 Å². The number of methoxy groups -OCH3 is 1. The van der Waals surface area contributed by atoms with Gasteiger partial charge in [-0.05, 0) is 36.4 Å². The molecule has 0 aliphatic carbocycles. The molecule has 0 saturated heterocycles. The van der Waals surface area contributed by atoms with Gasteiger partial charge in [-0.25, -0.2) is 9.79 Å². The number of benzene rings is 2. The SMILES string of the molecule is COC(C)=Nc1ccc(OC(=O)c2ccccc2OC(C)=O)cc1. The Kier molecular flexibility index (Phi) is 5.68. The minimum atomic E-state index is -0.615. The van der Waals surface area contributed by atoms with Gasteiger partial charge in [0.2, 0.25) is 0 Å². The number of hydrogen-bond acceptors (Lipinski definition) is 6. The van der Waals surface area contributed by atoms with Crippen molar-refractivity contribution in [3.63, 3.8) is 0 Å². The van der Waals surface area contributed by atoms with Gasteiger partial charge in [-0.1, -0.05) is 12.1 Å². The molecule has 0 unspecified atom stereocenters. The van der Waals surface area contributed by atoms with Crippen LogP contribution in [0.5, 0.6) is 11.5 Å². The largest absolute Gasteiger partial charge is 0.484 e. The quantitative estimate of drug-likeness (QED) is 0.372. The van der Waals surface area contributed by atoms with Crippen LogP contribution in [-0.2, 0) is 9.53 Å². The van der Waals surface area contributed by atoms with Gasteiger partial charge in [0.05, 0.1) is 12.8 Å². The average Bonchev–Trinajstić information content (AvgIpc) is 2.56. The molecular weight excluding hydrogens is 310 g/mol. The number of aliphatic imine (C=N–C) groups is 1. The highest BCUT2D eigenvalue weighted by molar-refractivity contribution is 5.94. The monoisotopic (exact) mass is 327 g/mol. The summed E-state index contributed by atoms with van der Waals surface area (Å²) >= 11 is 0. The summed E-state index contributed by atoms with van der Waals surface area (Å²) in [6.07, 6.45) is 0. The lowest BCUT2D eigenvalue weighted by Gasteiger charge is -2.09. The van der Waals surface area contributed by atoms with Crippen molar-refractivity contribution in [2.75, 3.05) is 7.11 Å². The smallest absolute Gasteiger partial charge is 0.347 e. The van der Waals surface area contributed by atoms with E-state index < -0.39 is 11.9 Å². The molecule has 0 aliphatic rings. The number of nitrogens with zero attached hydrogens (tertiary/aromatic N) is 1. The third-order valence-electron chi connectivity index (χ3n) is 2.99. The molecule has 0 amide bonds. The van der Waals surface area contributed by atoms with Gasteiger partial charge < -0.3 is 14.2 Å². The van der Waals surface area contributed by atoms with Crippen LogP contribution in [0.3, 0.4) is 0 Å². The van der Waals surface area contributed by atoms with Crippen molar-refractivity contribution < 1.29 is 23.8 Å². The maximum atomic E-state index is 12.3. The van der Waals surface area contributed by atoms with Crippen molar-refractivity contribution in [3.05, 3.63) is 54.1 Å². The summed E-state index contributed by atoms with van der Waals surface area (Å²) in [7, 11) is 1.54. The highest BCUT2D eigenvalue weighted by atomic mass is 16.5. The zero-order chi connectivity index (χ0) is 17.5. The van der Waals surface area contributed by atoms with E-state index in [1.807, 2.05) is 0 Å². The Morgan fingerprint density at radius 3 is 2.21 bits per heavy atom. The molecule has 2 aromatic rings. The summed E-state index contributed by atoms with van der Waals surface area (Å²) in [5.74, 6) is -0.0872. The van der Waals surface area contributed by atoms with E-state index in [0.717, 1.165) is 0 Å². The third kappa shape index (κ3) is 4.67. The van der Waals surface area contributed by atoms with Crippen molar-refractivity contribution >= 4 is 23.5 Å². The second kappa shape index (κ2) is 7.92. The van der Waals surface area contributed by atoms with Gasteiger partial charge in [-0.2, -0.15) is 0 Å². The van der Waals surface area contributed by atoms with Crippen molar-refractivity contribution in [3.8, 4) is 11.5 Å². The predicted octanol–water partition coefficient (Wildman–Crippen LogP) is 3.53. The minimum absolute atomic E-state index is 0.159. The molecule has 124 valence electrons. The second-order valence-electron chi connectivity index (χ2n) is 4.81. The van der Waals surface area contributed by atoms with E-state index in [1.54, 1.807) is 43.3 Å². The number of carbonyl (C=O) groups excluding carboxylic acids is 2. The number of hydrogen-bond donors (Lipinski definition) is 0. The standard InChI is InChI=1S/C18H17NO5/c1-12(22-3)19-14-8-10-15(11-9-14)24-18(21)16-6-4-5-7-17(16)23-13(2)20/h4-11H,1-3H3. The molecule has 0 saturated carbocycles. The molecule has 0 N–H and O–H groups in total. The first-order chi connectivity index (χ1) is 11.5. The lowest BCUT2D eigenvalue weighted by Crippen LogP contribution is -2.12. The van der Waals surface area contributed by atoms with Gasteiger partial charge in [0.1, 0.15) is 17.1 Å². The summed E-state index contributed by atoms with van der Waals surface area (Å²) in [5, 5.41) is 0. The molecule has 0 radical (unpaired) electrons. The minimum Gasteiger partial charge on any atom is -0.484 e. The molecule has 2 aromatic carbocycles. The number of ether oxygens (including phenoxy) is 3. The highest BCUT2D eigenvalue weighted by Crippen LogP contribution is 2.23. The number of esters is 2. The normalized spacial score (nSPS) is 10.9. The molecule has 6 heteroatoms. The van der Waals surface area contributed by atoms with Crippen LogP contribution in [0.15, 0.2) is 53.5 Å². The molecule has 0 atom stereocenters. The Morgan fingerprint density at radius 2 is 1.58 bits per heavy atom. The molecule has 0 fully saturated rings. The van der Waals surface area contributed by atoms with Gasteiger partial charge in [-0.15, -0.1) is 0 Å². The predicted molar refractivity (Wildman–Crippen MR) is 88.9 cm³/mol. The van der Waals surface area contributed by atoms with Crippen LogP contribution in [0.4, 0.5) is 5.69 Å². The molecule has 0 bridgehead atoms. The molecule has 2 rings (SSSR count). The molecular formula is C18H17NO5. The van der Waals surface area contributed by atoms with Gasteiger partial charge in [0.25, 0.3) is 0 Å². The second-order valence-corrected chi connectivity index (χ2v) is 4.81. The number of carbonyl (C=O) groups is 2. The lowest BCUT2D eigenvalue weighted by molar-refractivity contribution is -0.131. The van der Waals surface area contributed by atoms with Crippen LogP contribution < -0.4 is 9.47 Å². The summed E-state index contributed by atoms with van der Waals surface area (Å²) in [6, 6.07) is 13.0. The molecule has 6 nitrogen and oxygen atoms in total. The van der Waals surface area contributed by atoms with Gasteiger partial charge in [0.15, 0.2) is 5.90 Å². The van der Waals surface area contributed by atoms with Gasteiger partial charge in [-0.3, -0.25) is 4.79 Å². The fourth-order valence-electron chi connectivity index (χ4n) is 1.86. The summed E-state index contributed by atoms with van der Waals surface area (Å²) in [4.78, 5) is 27.6. The average molecular weight is 327 g/mol. The van der Waals surface area contributed by atoms with Crippen LogP contribution in [0.1, 0.15) is 24.2 Å². The van der Waals surface area contributed by atoms with E-state index in [9.17, 15) is 9.59 Å². The van der Waals surface area contributed by atoms with Crippen LogP contribution in [-0.4, -0.2) is 24.9 Å². The van der Waals surface area contributed by atoms with E-state index in [4.69, 9.17) is 14.2 Å². The summed E-state index contributed by atoms with van der Waals surface area (Å²) in [5.41, 5.74) is 0.847. The van der Waals surface area contributed by atoms with E-state index in [1.165, 1.54) is 26.2 Å². The first-order valence-corrected chi connectivity index (χ1v) is 7.18. The Hall–Kier alpha value is -3.15. The molecule has 0 heterocycles. The fraction of sp³-hybridized carbons (Fsp3) is 0.167. The van der Waals surface area contributed by atoms with E-state index in [0.29, 0.717) is 17.3 Å². The van der Waals surface area contributed by atoms with Gasteiger partial charge in [0, 0.05) is 13.8 Å². The maximum absolute atomic E-state index is 12.3. The Bertz CT molecular complexity index is 765. The van der Waals surface area contributed by atoms with Gasteiger partial charge >= 0.3 is 11.9 Å². The van der Waals surface area contributed by atoms with Crippen LogP contribution in [0.25, 0.3) is 0 Å². The molecule has 0 spiro atoms. The topological polar surface area (TPSA) is 74.2 Å². The maximum Gasteiger partial charge on any atom is 0.347 e. The van der Waals surface area contributed by atoms with Crippen molar-refractivity contribution in [1.82, 2.24) is 0 Å². The first kappa shape index (κ1) is 17.2. The number of rotatable bonds is 4. The Labute approximate surface area is 139 Å².